The number of ketones is 1. The molecule has 0 heterocycles. The summed E-state index contributed by atoms with van der Waals surface area (Å²) in [5.74, 6) is 0.0208. The van der Waals surface area contributed by atoms with Gasteiger partial charge < -0.3 is 5.73 Å². The van der Waals surface area contributed by atoms with E-state index in [2.05, 4.69) is 0 Å². The third-order valence-corrected chi connectivity index (χ3v) is 0.891. The monoisotopic (exact) mass is 135 g/mol. The van der Waals surface area contributed by atoms with Crippen LogP contribution in [0.25, 0.3) is 0 Å². The van der Waals surface area contributed by atoms with E-state index in [0.29, 0.717) is 6.42 Å². The minimum atomic E-state index is -0.0777. The second-order valence-electron chi connectivity index (χ2n) is 1.73. The molecule has 0 spiro atoms. The Balaban J connectivity index is 3.25. The fraction of sp³-hybridized carbons (Fsp3) is 0.800. The largest absolute Gasteiger partial charge is 0.324 e. The number of carbonyl (C=O) groups is 1. The molecule has 0 bridgehead atoms. The fourth-order valence-electron chi connectivity index (χ4n) is 0.397. The quantitative estimate of drug-likeness (QED) is 0.574. The molecule has 8 heavy (non-hydrogen) atoms. The maximum atomic E-state index is 10.4. The van der Waals surface area contributed by atoms with E-state index in [0.717, 1.165) is 0 Å². The first-order valence-electron chi connectivity index (χ1n) is 2.52. The summed E-state index contributed by atoms with van der Waals surface area (Å²) < 4.78 is 0. The number of nitrogens with two attached hydrogens (primary N) is 1. The highest BCUT2D eigenvalue weighted by molar-refractivity contribution is 6.21. The molecule has 2 nitrogen and oxygen atoms in total. The Morgan fingerprint density at radius 2 is 2.38 bits per heavy atom. The number of hydrogen-bond donors (Lipinski definition) is 1. The third-order valence-electron chi connectivity index (χ3n) is 0.737. The standard InChI is InChI=1S/C5H10ClNO/c1-4(6)2-5(8)3-7/h4H,2-3,7H2,1H3/t4-/m1/s1. The molecule has 0 aliphatic rings. The molecule has 0 saturated heterocycles. The maximum absolute atomic E-state index is 10.4. The summed E-state index contributed by atoms with van der Waals surface area (Å²) in [5.41, 5.74) is 5.01. The summed E-state index contributed by atoms with van der Waals surface area (Å²) in [4.78, 5) is 10.4. The summed E-state index contributed by atoms with van der Waals surface area (Å²) in [6.07, 6.45) is 0.387. The van der Waals surface area contributed by atoms with Gasteiger partial charge in [-0.1, -0.05) is 0 Å². The van der Waals surface area contributed by atoms with Crippen molar-refractivity contribution in [3.8, 4) is 0 Å². The topological polar surface area (TPSA) is 43.1 Å². The van der Waals surface area contributed by atoms with Crippen LogP contribution in [0.15, 0.2) is 0 Å². The molecule has 48 valence electrons. The van der Waals surface area contributed by atoms with Crippen LogP contribution in [0.4, 0.5) is 0 Å². The van der Waals surface area contributed by atoms with Crippen molar-refractivity contribution in [2.24, 2.45) is 5.73 Å². The van der Waals surface area contributed by atoms with Crippen LogP contribution in [0, 0.1) is 0 Å². The molecule has 0 rings (SSSR count). The van der Waals surface area contributed by atoms with Gasteiger partial charge in [0.2, 0.25) is 0 Å². The van der Waals surface area contributed by atoms with Crippen LogP contribution in [0.3, 0.4) is 0 Å². The van der Waals surface area contributed by atoms with Gasteiger partial charge in [-0.15, -0.1) is 11.6 Å². The Bertz CT molecular complexity index is 82.5. The molecule has 2 N–H and O–H groups in total. The number of halogens is 1. The molecule has 0 unspecified atom stereocenters. The van der Waals surface area contributed by atoms with E-state index in [9.17, 15) is 4.79 Å². The van der Waals surface area contributed by atoms with E-state index in [-0.39, 0.29) is 17.7 Å². The van der Waals surface area contributed by atoms with Crippen LogP contribution < -0.4 is 5.73 Å². The second kappa shape index (κ2) is 3.87. The highest BCUT2D eigenvalue weighted by atomic mass is 35.5. The number of Topliss-reactive ketones (excluding diaryl/α,β-unsaturated/α-hetero) is 1. The van der Waals surface area contributed by atoms with Gasteiger partial charge in [0.1, 0.15) is 5.78 Å². The van der Waals surface area contributed by atoms with E-state index in [4.69, 9.17) is 17.3 Å². The first-order chi connectivity index (χ1) is 3.66. The van der Waals surface area contributed by atoms with Gasteiger partial charge in [0.25, 0.3) is 0 Å². The minimum Gasteiger partial charge on any atom is -0.324 e. The fourth-order valence-corrected chi connectivity index (χ4v) is 0.569. The Morgan fingerprint density at radius 1 is 1.88 bits per heavy atom. The van der Waals surface area contributed by atoms with E-state index >= 15 is 0 Å². The predicted octanol–water partition coefficient (Wildman–Crippen LogP) is 0.532. The summed E-state index contributed by atoms with van der Waals surface area (Å²) in [6, 6.07) is 0. The van der Waals surface area contributed by atoms with E-state index in [1.165, 1.54) is 0 Å². The zero-order valence-electron chi connectivity index (χ0n) is 4.86. The van der Waals surface area contributed by atoms with E-state index in [1.807, 2.05) is 0 Å². The minimum absolute atomic E-state index is 0.0208. The van der Waals surface area contributed by atoms with Gasteiger partial charge >= 0.3 is 0 Å². The van der Waals surface area contributed by atoms with Gasteiger partial charge in [0, 0.05) is 11.8 Å². The number of alkyl halides is 1. The van der Waals surface area contributed by atoms with Crippen molar-refractivity contribution in [1.82, 2.24) is 0 Å². The Labute approximate surface area is 54.0 Å². The van der Waals surface area contributed by atoms with Crippen LogP contribution in [0.5, 0.6) is 0 Å². The molecule has 0 aromatic heterocycles. The summed E-state index contributed by atoms with van der Waals surface area (Å²) >= 11 is 5.48. The van der Waals surface area contributed by atoms with Crippen molar-refractivity contribution in [3.05, 3.63) is 0 Å². The van der Waals surface area contributed by atoms with Gasteiger partial charge in [0.15, 0.2) is 0 Å². The molecular weight excluding hydrogens is 126 g/mol. The molecular formula is C5H10ClNO. The van der Waals surface area contributed by atoms with Crippen molar-refractivity contribution >= 4 is 17.4 Å². The lowest BCUT2D eigenvalue weighted by atomic mass is 10.2. The molecule has 0 amide bonds. The molecule has 1 atom stereocenters. The highest BCUT2D eigenvalue weighted by Crippen LogP contribution is 1.98. The van der Waals surface area contributed by atoms with E-state index < -0.39 is 0 Å². The average molecular weight is 136 g/mol. The van der Waals surface area contributed by atoms with Crippen LogP contribution in [-0.4, -0.2) is 17.7 Å². The zero-order valence-corrected chi connectivity index (χ0v) is 5.61. The van der Waals surface area contributed by atoms with Crippen LogP contribution in [-0.2, 0) is 4.79 Å². The second-order valence-corrected chi connectivity index (χ2v) is 2.47. The SMILES string of the molecule is C[C@@H](Cl)CC(=O)CN. The van der Waals surface area contributed by atoms with Crippen molar-refractivity contribution in [3.63, 3.8) is 0 Å². The lowest BCUT2D eigenvalue weighted by Gasteiger charge is -1.96. The van der Waals surface area contributed by atoms with Crippen molar-refractivity contribution in [2.75, 3.05) is 6.54 Å². The molecule has 0 aliphatic heterocycles. The van der Waals surface area contributed by atoms with Crippen molar-refractivity contribution < 1.29 is 4.79 Å². The van der Waals surface area contributed by atoms with Gasteiger partial charge in [-0.05, 0) is 6.92 Å². The van der Waals surface area contributed by atoms with Crippen LogP contribution in [0.2, 0.25) is 0 Å². The summed E-state index contributed by atoms with van der Waals surface area (Å²) in [6.45, 7) is 1.88. The highest BCUT2D eigenvalue weighted by Gasteiger charge is 2.01. The van der Waals surface area contributed by atoms with Crippen LogP contribution >= 0.6 is 11.6 Å². The average Bonchev–Trinajstić information content (AvgIpc) is 1.65. The first-order valence-corrected chi connectivity index (χ1v) is 2.96. The zero-order chi connectivity index (χ0) is 6.57. The molecule has 0 fully saturated rings. The number of carbonyl (C=O) groups excluding carboxylic acids is 1. The Morgan fingerprint density at radius 3 is 2.50 bits per heavy atom. The smallest absolute Gasteiger partial charge is 0.147 e. The number of hydrogen-bond acceptors (Lipinski definition) is 2. The first kappa shape index (κ1) is 7.92. The molecule has 0 aliphatic carbocycles. The molecule has 0 aromatic carbocycles. The summed E-state index contributed by atoms with van der Waals surface area (Å²) in [7, 11) is 0. The lowest BCUT2D eigenvalue weighted by Crippen LogP contribution is -2.15. The van der Waals surface area contributed by atoms with Gasteiger partial charge in [-0.3, -0.25) is 4.79 Å². The lowest BCUT2D eigenvalue weighted by molar-refractivity contribution is -0.117. The third kappa shape index (κ3) is 4.09. The maximum Gasteiger partial charge on any atom is 0.147 e. The summed E-state index contributed by atoms with van der Waals surface area (Å²) in [5, 5.41) is -0.0777. The van der Waals surface area contributed by atoms with Crippen molar-refractivity contribution in [2.45, 2.75) is 18.7 Å². The Kier molecular flexibility index (Phi) is 3.83. The molecule has 3 heteroatoms. The predicted molar refractivity (Wildman–Crippen MR) is 34.0 cm³/mol. The van der Waals surface area contributed by atoms with Crippen LogP contribution in [0.1, 0.15) is 13.3 Å². The molecule has 0 radical (unpaired) electrons. The molecule has 0 saturated carbocycles. The van der Waals surface area contributed by atoms with Gasteiger partial charge in [0.05, 0.1) is 6.54 Å². The van der Waals surface area contributed by atoms with Crippen molar-refractivity contribution in [1.29, 1.82) is 0 Å². The van der Waals surface area contributed by atoms with Gasteiger partial charge in [-0.2, -0.15) is 0 Å². The van der Waals surface area contributed by atoms with E-state index in [1.54, 1.807) is 6.92 Å². The number of rotatable bonds is 3. The molecule has 0 aromatic rings. The Hall–Kier alpha value is -0.0800. The van der Waals surface area contributed by atoms with Gasteiger partial charge in [-0.25, -0.2) is 0 Å². The normalized spacial score (nSPS) is 13.4.